The molecule has 2 aromatic carbocycles. The minimum atomic E-state index is -0.330. The molecule has 4 rings (SSSR count). The van der Waals surface area contributed by atoms with E-state index in [0.717, 1.165) is 28.9 Å². The quantitative estimate of drug-likeness (QED) is 0.303. The molecule has 1 aliphatic rings. The van der Waals surface area contributed by atoms with E-state index in [9.17, 15) is 4.79 Å². The first-order chi connectivity index (χ1) is 17.5. The van der Waals surface area contributed by atoms with Gasteiger partial charge in [0.15, 0.2) is 0 Å². The smallest absolute Gasteiger partial charge is 0.297 e. The predicted molar refractivity (Wildman–Crippen MR) is 145 cm³/mol. The number of hydrogen-bond acceptors (Lipinski definition) is 4. The molecule has 1 fully saturated rings. The lowest BCUT2D eigenvalue weighted by Gasteiger charge is -2.17. The zero-order chi connectivity index (χ0) is 25.5. The summed E-state index contributed by atoms with van der Waals surface area (Å²) in [5, 5.41) is 2.72. The second-order valence-corrected chi connectivity index (χ2v) is 10.1. The zero-order valence-electron chi connectivity index (χ0n) is 21.2. The molecule has 36 heavy (non-hydrogen) atoms. The van der Waals surface area contributed by atoms with Crippen molar-refractivity contribution in [3.63, 3.8) is 0 Å². The molecule has 1 saturated carbocycles. The minimum absolute atomic E-state index is 0.0728. The van der Waals surface area contributed by atoms with Gasteiger partial charge in [0.05, 0.1) is 36.3 Å². The molecule has 3 aromatic rings. The van der Waals surface area contributed by atoms with E-state index in [-0.39, 0.29) is 23.5 Å². The van der Waals surface area contributed by atoms with Crippen molar-refractivity contribution < 1.29 is 13.9 Å². The molecule has 1 amide bonds. The van der Waals surface area contributed by atoms with E-state index >= 15 is 4.39 Å². The van der Waals surface area contributed by atoms with Crippen LogP contribution in [0.1, 0.15) is 62.9 Å². The Kier molecular flexibility index (Phi) is 9.08. The third-order valence-corrected chi connectivity index (χ3v) is 7.43. The third kappa shape index (κ3) is 6.30. The van der Waals surface area contributed by atoms with Crippen LogP contribution in [0.25, 0.3) is 11.1 Å². The minimum Gasteiger partial charge on any atom is -0.465 e. The number of amides is 1. The van der Waals surface area contributed by atoms with Crippen LogP contribution in [-0.4, -0.2) is 27.3 Å². The lowest BCUT2D eigenvalue weighted by Crippen LogP contribution is -2.33. The Morgan fingerprint density at radius 3 is 2.58 bits per heavy atom. The van der Waals surface area contributed by atoms with Crippen LogP contribution in [0.15, 0.2) is 48.5 Å². The van der Waals surface area contributed by atoms with Crippen LogP contribution in [-0.2, 0) is 24.3 Å². The summed E-state index contributed by atoms with van der Waals surface area (Å²) in [4.78, 5) is 17.5. The second kappa shape index (κ2) is 12.4. The summed E-state index contributed by atoms with van der Waals surface area (Å²) in [7, 11) is 0. The van der Waals surface area contributed by atoms with Gasteiger partial charge < -0.3 is 10.1 Å². The second-order valence-electron chi connectivity index (χ2n) is 9.45. The normalized spacial score (nSPS) is 14.7. The molecule has 0 aliphatic heterocycles. The molecular formula is C29H36FN3O2S. The van der Waals surface area contributed by atoms with Gasteiger partial charge in [-0.25, -0.2) is 4.39 Å². The first kappa shape index (κ1) is 26.3. The topological polar surface area (TPSA) is 56.1 Å². The number of aryl methyl sites for hydroxylation is 1. The van der Waals surface area contributed by atoms with Crippen LogP contribution in [0.4, 0.5) is 4.39 Å². The number of benzene rings is 2. The number of thiol groups is 1. The number of carbonyl (C=O) groups excluding carboxylic acids is 1. The molecule has 0 bridgehead atoms. The molecule has 192 valence electrons. The van der Waals surface area contributed by atoms with Gasteiger partial charge in [0, 0.05) is 5.56 Å². The summed E-state index contributed by atoms with van der Waals surface area (Å²) in [6.45, 7) is 4.93. The van der Waals surface area contributed by atoms with E-state index in [4.69, 9.17) is 4.74 Å². The van der Waals surface area contributed by atoms with E-state index < -0.39 is 0 Å². The van der Waals surface area contributed by atoms with Gasteiger partial charge in [-0.3, -0.25) is 9.36 Å². The Hall–Kier alpha value is -2.80. The van der Waals surface area contributed by atoms with Crippen LogP contribution in [0.5, 0.6) is 6.01 Å². The highest BCUT2D eigenvalue weighted by Crippen LogP contribution is 2.30. The van der Waals surface area contributed by atoms with Crippen molar-refractivity contribution in [2.24, 2.45) is 5.92 Å². The highest BCUT2D eigenvalue weighted by atomic mass is 32.1. The summed E-state index contributed by atoms with van der Waals surface area (Å²) in [5.74, 6) is 0.227. The Balaban J connectivity index is 1.54. The van der Waals surface area contributed by atoms with Crippen molar-refractivity contribution in [3.8, 4) is 17.1 Å². The van der Waals surface area contributed by atoms with Crippen LogP contribution in [0.3, 0.4) is 0 Å². The molecule has 0 radical (unpaired) electrons. The molecule has 7 heteroatoms. The Morgan fingerprint density at radius 2 is 1.92 bits per heavy atom. The van der Waals surface area contributed by atoms with Gasteiger partial charge in [0.1, 0.15) is 5.82 Å². The Labute approximate surface area is 218 Å². The van der Waals surface area contributed by atoms with Gasteiger partial charge in [-0.1, -0.05) is 75.1 Å². The van der Waals surface area contributed by atoms with Gasteiger partial charge in [-0.05, 0) is 42.9 Å². The van der Waals surface area contributed by atoms with Gasteiger partial charge in [0.2, 0.25) is 5.91 Å². The first-order valence-electron chi connectivity index (χ1n) is 13.0. The van der Waals surface area contributed by atoms with Crippen molar-refractivity contribution in [1.82, 2.24) is 14.9 Å². The highest BCUT2D eigenvalue weighted by molar-refractivity contribution is 7.81. The van der Waals surface area contributed by atoms with Gasteiger partial charge in [-0.15, -0.1) is 0 Å². The van der Waals surface area contributed by atoms with Crippen LogP contribution in [0.2, 0.25) is 0 Å². The zero-order valence-corrected chi connectivity index (χ0v) is 22.1. The van der Waals surface area contributed by atoms with Crippen molar-refractivity contribution in [1.29, 1.82) is 0 Å². The number of ether oxygens (including phenoxy) is 1. The van der Waals surface area contributed by atoms with E-state index in [1.54, 1.807) is 6.07 Å². The Bertz CT molecular complexity index is 1160. The fraction of sp³-hybridized carbons (Fsp3) is 0.448. The number of carbonyl (C=O) groups is 1. The number of imidazole rings is 1. The van der Waals surface area contributed by atoms with Crippen LogP contribution in [0, 0.1) is 11.7 Å². The highest BCUT2D eigenvalue weighted by Gasteiger charge is 2.24. The number of nitrogens with one attached hydrogen (secondary N) is 1. The summed E-state index contributed by atoms with van der Waals surface area (Å²) in [5.41, 5.74) is 4.01. The number of hydrogen-bond donors (Lipinski definition) is 2. The lowest BCUT2D eigenvalue weighted by atomic mass is 10.0. The standard InChI is InChI=1S/C29H36FN3O2S/c1-3-25-26(18-31-28(34)27(36)16-20-10-8-9-11-20)33(29(32-25)35-4-2)19-23-15-14-22(17-24(23)30)21-12-6-5-7-13-21/h5-7,12-15,17,20,27,36H,3-4,8-11,16,18-19H2,1-2H3,(H,31,34). The third-order valence-electron chi connectivity index (χ3n) is 6.98. The predicted octanol–water partition coefficient (Wildman–Crippen LogP) is 6.19. The van der Waals surface area contributed by atoms with Crippen molar-refractivity contribution in [2.45, 2.75) is 70.7 Å². The maximum atomic E-state index is 15.2. The molecule has 1 aromatic heterocycles. The van der Waals surface area contributed by atoms with E-state index in [2.05, 4.69) is 22.9 Å². The first-order valence-corrected chi connectivity index (χ1v) is 13.5. The molecule has 0 spiro atoms. The molecule has 1 atom stereocenters. The van der Waals surface area contributed by atoms with Gasteiger partial charge in [-0.2, -0.15) is 17.6 Å². The van der Waals surface area contributed by atoms with Crippen LogP contribution < -0.4 is 10.1 Å². The van der Waals surface area contributed by atoms with E-state index in [0.29, 0.717) is 37.1 Å². The summed E-state index contributed by atoms with van der Waals surface area (Å²) in [6.07, 6.45) is 6.34. The maximum Gasteiger partial charge on any atom is 0.297 e. The van der Waals surface area contributed by atoms with Crippen molar-refractivity contribution in [3.05, 3.63) is 71.3 Å². The lowest BCUT2D eigenvalue weighted by molar-refractivity contribution is -0.121. The average molecular weight is 510 g/mol. The van der Waals surface area contributed by atoms with Crippen LogP contribution >= 0.6 is 12.6 Å². The molecule has 1 aliphatic carbocycles. The number of rotatable bonds is 11. The maximum absolute atomic E-state index is 15.2. The van der Waals surface area contributed by atoms with Crippen molar-refractivity contribution >= 4 is 18.5 Å². The average Bonchev–Trinajstić information content (AvgIpc) is 3.52. The van der Waals surface area contributed by atoms with Crippen molar-refractivity contribution in [2.75, 3.05) is 6.61 Å². The van der Waals surface area contributed by atoms with E-state index in [1.165, 1.54) is 25.7 Å². The largest absolute Gasteiger partial charge is 0.465 e. The van der Waals surface area contributed by atoms with E-state index in [1.807, 2.05) is 60.9 Å². The number of halogens is 1. The molecule has 5 nitrogen and oxygen atoms in total. The molecule has 0 saturated heterocycles. The number of aromatic nitrogens is 2. The summed E-state index contributed by atoms with van der Waals surface area (Å²) in [6, 6.07) is 15.5. The molecule has 1 N–H and O–H groups in total. The SMILES string of the molecule is CCOc1nc(CC)c(CNC(=O)C(S)CC2CCCC2)n1Cc1ccc(-c2ccccc2)cc1F. The fourth-order valence-electron chi connectivity index (χ4n) is 5.01. The summed E-state index contributed by atoms with van der Waals surface area (Å²) < 4.78 is 22.9. The molecular weight excluding hydrogens is 473 g/mol. The number of nitrogens with zero attached hydrogens (tertiary/aromatic N) is 2. The van der Waals surface area contributed by atoms with Gasteiger partial charge >= 0.3 is 0 Å². The van der Waals surface area contributed by atoms with Gasteiger partial charge in [0.25, 0.3) is 6.01 Å². The fourth-order valence-corrected chi connectivity index (χ4v) is 5.40. The monoisotopic (exact) mass is 509 g/mol. The molecule has 1 heterocycles. The Morgan fingerprint density at radius 1 is 1.17 bits per heavy atom. The summed E-state index contributed by atoms with van der Waals surface area (Å²) >= 11 is 4.58. The molecule has 1 unspecified atom stereocenters.